The normalized spacial score (nSPS) is 31.9. The molecule has 15 heteroatoms. The first kappa shape index (κ1) is 25.7. The fraction of sp³-hybridized carbons (Fsp3) is 0.722. The average molecular weight is 496 g/mol. The smallest absolute Gasteiger partial charge is 0.408 e. The second kappa shape index (κ2) is 9.01. The molecule has 33 heavy (non-hydrogen) atoms. The molecule has 2 aliphatic heterocycles. The molecule has 3 N–H and O–H groups in total. The number of nitrogen functional groups attached to an aromatic ring is 1. The van der Waals surface area contributed by atoms with Crippen molar-refractivity contribution in [3.8, 4) is 0 Å². The van der Waals surface area contributed by atoms with Crippen LogP contribution in [0.2, 0.25) is 0 Å². The lowest BCUT2D eigenvalue weighted by Crippen LogP contribution is -2.50. The van der Waals surface area contributed by atoms with Crippen molar-refractivity contribution in [3.05, 3.63) is 22.7 Å². The van der Waals surface area contributed by atoms with Crippen LogP contribution in [0.1, 0.15) is 40.8 Å². The van der Waals surface area contributed by atoms with E-state index in [0.29, 0.717) is 4.57 Å². The summed E-state index contributed by atoms with van der Waals surface area (Å²) in [4.78, 5) is 27.6. The van der Waals surface area contributed by atoms with Crippen LogP contribution in [0.25, 0.3) is 0 Å². The van der Waals surface area contributed by atoms with Crippen molar-refractivity contribution < 1.29 is 41.4 Å². The van der Waals surface area contributed by atoms with Crippen molar-refractivity contribution in [1.82, 2.24) is 14.6 Å². The number of aromatic nitrogens is 2. The molecular weight excluding hydrogens is 469 g/mol. The Balaban J connectivity index is 1.85. The standard InChI is InChI=1S/C18H27F2N4O8P/c1-9(2)29-14(25)10(3)23-33(27)28-8-11-13(31-17(4,5)32-33)18(19,20)15(30-11)24-7-6-12(21)22-16(24)26/h6-7,9-11,13,15H,8H2,1-5H3,(H,23,27)(H2,21,22,26)/t10-,11+,13?,15+,33?/m0/s1. The Hall–Kier alpha value is -1.96. The first-order valence-corrected chi connectivity index (χ1v) is 11.7. The topological polar surface area (TPSA) is 153 Å². The van der Waals surface area contributed by atoms with E-state index in [-0.39, 0.29) is 5.82 Å². The van der Waals surface area contributed by atoms with Crippen LogP contribution in [0.4, 0.5) is 14.6 Å². The Morgan fingerprint density at radius 1 is 1.39 bits per heavy atom. The molecule has 0 bridgehead atoms. The van der Waals surface area contributed by atoms with E-state index in [9.17, 15) is 14.2 Å². The highest BCUT2D eigenvalue weighted by molar-refractivity contribution is 7.51. The number of esters is 1. The molecule has 186 valence electrons. The number of fused-ring (bicyclic) bond motifs is 1. The van der Waals surface area contributed by atoms with Gasteiger partial charge in [0.1, 0.15) is 18.0 Å². The van der Waals surface area contributed by atoms with Gasteiger partial charge in [-0.3, -0.25) is 18.4 Å². The Kier molecular flexibility index (Phi) is 7.00. The van der Waals surface area contributed by atoms with E-state index in [1.807, 2.05) is 0 Å². The van der Waals surface area contributed by atoms with E-state index in [0.717, 1.165) is 6.20 Å². The number of nitrogens with one attached hydrogen (secondary N) is 1. The summed E-state index contributed by atoms with van der Waals surface area (Å²) in [5.41, 5.74) is 4.37. The fourth-order valence-electron chi connectivity index (χ4n) is 3.36. The van der Waals surface area contributed by atoms with E-state index in [1.54, 1.807) is 13.8 Å². The number of ether oxygens (including phenoxy) is 3. The molecule has 0 saturated carbocycles. The van der Waals surface area contributed by atoms with Gasteiger partial charge < -0.3 is 19.9 Å². The van der Waals surface area contributed by atoms with Gasteiger partial charge in [-0.25, -0.2) is 14.4 Å². The minimum absolute atomic E-state index is 0.144. The number of rotatable bonds is 5. The maximum absolute atomic E-state index is 15.3. The fourth-order valence-corrected chi connectivity index (χ4v) is 5.08. The number of carbonyl (C=O) groups excluding carboxylic acids is 1. The third kappa shape index (κ3) is 5.58. The summed E-state index contributed by atoms with van der Waals surface area (Å²) in [6, 6.07) is 0.0592. The molecular formula is C18H27F2N4O8P. The molecule has 0 amide bonds. The van der Waals surface area contributed by atoms with Crippen molar-refractivity contribution in [2.24, 2.45) is 0 Å². The highest BCUT2D eigenvalue weighted by Crippen LogP contribution is 2.54. The molecule has 0 radical (unpaired) electrons. The number of nitrogens with two attached hydrogens (primary N) is 1. The number of carbonyl (C=O) groups is 1. The second-order valence-corrected chi connectivity index (χ2v) is 10.1. The molecule has 2 unspecified atom stereocenters. The monoisotopic (exact) mass is 496 g/mol. The van der Waals surface area contributed by atoms with Crippen molar-refractivity contribution in [3.63, 3.8) is 0 Å². The zero-order valence-corrected chi connectivity index (χ0v) is 19.6. The van der Waals surface area contributed by atoms with Crippen molar-refractivity contribution in [2.45, 2.75) is 76.9 Å². The van der Waals surface area contributed by atoms with Gasteiger partial charge in [0.15, 0.2) is 11.9 Å². The van der Waals surface area contributed by atoms with Gasteiger partial charge in [0.2, 0.25) is 6.23 Å². The predicted molar refractivity (Wildman–Crippen MR) is 109 cm³/mol. The van der Waals surface area contributed by atoms with E-state index in [1.165, 1.54) is 26.8 Å². The van der Waals surface area contributed by atoms with Gasteiger partial charge in [0.05, 0.1) is 12.7 Å². The van der Waals surface area contributed by atoms with Gasteiger partial charge in [-0.2, -0.15) is 13.8 Å². The van der Waals surface area contributed by atoms with Crippen LogP contribution in [0, 0.1) is 0 Å². The molecule has 2 fully saturated rings. The maximum atomic E-state index is 15.3. The summed E-state index contributed by atoms with van der Waals surface area (Å²) < 4.78 is 71.0. The quantitative estimate of drug-likeness (QED) is 0.451. The van der Waals surface area contributed by atoms with Crippen LogP contribution in [0.3, 0.4) is 0 Å². The van der Waals surface area contributed by atoms with Crippen LogP contribution in [-0.2, 0) is 32.6 Å². The van der Waals surface area contributed by atoms with Crippen LogP contribution in [-0.4, -0.2) is 58.2 Å². The maximum Gasteiger partial charge on any atom is 0.408 e. The van der Waals surface area contributed by atoms with E-state index in [4.69, 9.17) is 29.0 Å². The van der Waals surface area contributed by atoms with Crippen LogP contribution in [0.15, 0.2) is 17.1 Å². The molecule has 2 saturated heterocycles. The molecule has 3 heterocycles. The summed E-state index contributed by atoms with van der Waals surface area (Å²) in [7, 11) is -4.26. The zero-order valence-electron chi connectivity index (χ0n) is 18.7. The Morgan fingerprint density at radius 3 is 2.67 bits per heavy atom. The SMILES string of the molecule is CC(C)OC(=O)[C@H](C)NP1(=O)OC[C@H]2O[C@@H](n3ccc(N)nc3=O)C(F)(F)C2OC(C)(C)O1. The summed E-state index contributed by atoms with van der Waals surface area (Å²) in [6.07, 6.45) is -4.83. The number of alkyl halides is 2. The molecule has 0 spiro atoms. The number of hydrogen-bond acceptors (Lipinski definition) is 10. The van der Waals surface area contributed by atoms with Crippen molar-refractivity contribution >= 4 is 19.5 Å². The molecule has 5 atom stereocenters. The Morgan fingerprint density at radius 2 is 2.06 bits per heavy atom. The van der Waals surface area contributed by atoms with E-state index < -0.39 is 68.3 Å². The second-order valence-electron chi connectivity index (χ2n) is 8.40. The molecule has 12 nitrogen and oxygen atoms in total. The molecule has 0 aliphatic carbocycles. The molecule has 3 rings (SSSR count). The third-order valence-electron chi connectivity index (χ3n) is 4.67. The third-order valence-corrected chi connectivity index (χ3v) is 6.54. The van der Waals surface area contributed by atoms with Crippen LogP contribution >= 0.6 is 7.75 Å². The highest BCUT2D eigenvalue weighted by Gasteiger charge is 2.63. The van der Waals surface area contributed by atoms with E-state index in [2.05, 4.69) is 10.1 Å². The van der Waals surface area contributed by atoms with Crippen molar-refractivity contribution in [2.75, 3.05) is 12.3 Å². The molecule has 2 aliphatic rings. The van der Waals surface area contributed by atoms with Gasteiger partial charge in [-0.05, 0) is 40.7 Å². The molecule has 1 aromatic rings. The predicted octanol–water partition coefficient (Wildman–Crippen LogP) is 1.56. The molecule has 0 aromatic carbocycles. The lowest BCUT2D eigenvalue weighted by atomic mass is 10.1. The first-order chi connectivity index (χ1) is 15.1. The Labute approximate surface area is 188 Å². The summed E-state index contributed by atoms with van der Waals surface area (Å²) in [5, 5.41) is 2.42. The summed E-state index contributed by atoms with van der Waals surface area (Å²) >= 11 is 0. The van der Waals surface area contributed by atoms with Gasteiger partial charge in [-0.15, -0.1) is 0 Å². The molecule has 1 aromatic heterocycles. The number of hydrogen-bond donors (Lipinski definition) is 2. The summed E-state index contributed by atoms with van der Waals surface area (Å²) in [6.45, 7) is 6.52. The van der Waals surface area contributed by atoms with Gasteiger partial charge >= 0.3 is 25.3 Å². The minimum Gasteiger partial charge on any atom is -0.462 e. The average Bonchev–Trinajstić information content (AvgIpc) is 2.88. The number of anilines is 1. The van der Waals surface area contributed by atoms with Gasteiger partial charge in [0.25, 0.3) is 0 Å². The van der Waals surface area contributed by atoms with Crippen LogP contribution < -0.4 is 16.5 Å². The lowest BCUT2D eigenvalue weighted by Gasteiger charge is -2.38. The number of halogens is 2. The lowest BCUT2D eigenvalue weighted by molar-refractivity contribution is -0.254. The van der Waals surface area contributed by atoms with Gasteiger partial charge in [0, 0.05) is 6.20 Å². The Bertz CT molecular complexity index is 1000. The van der Waals surface area contributed by atoms with Gasteiger partial charge in [-0.1, -0.05) is 0 Å². The van der Waals surface area contributed by atoms with E-state index >= 15 is 8.78 Å². The zero-order chi connectivity index (χ0) is 24.8. The first-order valence-electron chi connectivity index (χ1n) is 10.1. The van der Waals surface area contributed by atoms with Crippen molar-refractivity contribution in [1.29, 1.82) is 0 Å². The number of nitrogens with zero attached hydrogens (tertiary/aromatic N) is 2. The largest absolute Gasteiger partial charge is 0.462 e. The highest BCUT2D eigenvalue weighted by atomic mass is 31.2. The minimum atomic E-state index is -4.26. The summed E-state index contributed by atoms with van der Waals surface area (Å²) in [5.74, 6) is -6.45. The van der Waals surface area contributed by atoms with Crippen LogP contribution in [0.5, 0.6) is 0 Å².